The van der Waals surface area contributed by atoms with Gasteiger partial charge in [0.25, 0.3) is 0 Å². The van der Waals surface area contributed by atoms with Crippen molar-refractivity contribution in [3.8, 4) is 0 Å². The normalized spacial score (nSPS) is 26.8. The maximum Gasteiger partial charge on any atom is 0.326 e. The van der Waals surface area contributed by atoms with Crippen molar-refractivity contribution in [3.63, 3.8) is 0 Å². The van der Waals surface area contributed by atoms with Crippen molar-refractivity contribution in [2.24, 2.45) is 33.3 Å². The van der Waals surface area contributed by atoms with Gasteiger partial charge in [-0.1, -0.05) is 19.3 Å². The van der Waals surface area contributed by atoms with E-state index in [1.165, 1.54) is 64.2 Å². The number of nitrogens with two attached hydrogens (primary N) is 2. The Morgan fingerprint density at radius 3 is 2.41 bits per heavy atom. The van der Waals surface area contributed by atoms with Crippen molar-refractivity contribution in [3.05, 3.63) is 0 Å². The third-order valence-electron chi connectivity index (χ3n) is 8.81. The summed E-state index contributed by atoms with van der Waals surface area (Å²) in [7, 11) is -4.01. The van der Waals surface area contributed by atoms with Gasteiger partial charge >= 0.3 is 7.60 Å². The van der Waals surface area contributed by atoms with Crippen LogP contribution in [0.2, 0.25) is 0 Å². The highest BCUT2D eigenvalue weighted by atomic mass is 31.2. The summed E-state index contributed by atoms with van der Waals surface area (Å²) in [5.74, 6) is 2.16. The molecule has 0 spiro atoms. The van der Waals surface area contributed by atoms with Gasteiger partial charge in [0.15, 0.2) is 5.96 Å². The average molecular weight is 600 g/mol. The van der Waals surface area contributed by atoms with Gasteiger partial charge in [0.1, 0.15) is 0 Å². The minimum Gasteiger partial charge on any atom is -0.369 e. The van der Waals surface area contributed by atoms with E-state index in [0.29, 0.717) is 50.6 Å². The molecule has 1 aliphatic heterocycles. The van der Waals surface area contributed by atoms with E-state index in [1.54, 1.807) is 0 Å². The maximum absolute atomic E-state index is 11.3. The fourth-order valence-electron chi connectivity index (χ4n) is 6.26. The van der Waals surface area contributed by atoms with E-state index in [1.807, 2.05) is 18.7 Å². The quantitative estimate of drug-likeness (QED) is 0.0539. The number of guanidine groups is 2. The Hall–Kier alpha value is -1.27. The molecule has 2 saturated carbocycles. The van der Waals surface area contributed by atoms with E-state index >= 15 is 0 Å². The summed E-state index contributed by atoms with van der Waals surface area (Å²) in [6.45, 7) is 10.2. The number of nitrogens with one attached hydrogen (secondary N) is 3. The van der Waals surface area contributed by atoms with E-state index in [4.69, 9.17) is 16.5 Å². The lowest BCUT2D eigenvalue weighted by atomic mass is 9.82. The van der Waals surface area contributed by atoms with Crippen LogP contribution in [0.5, 0.6) is 0 Å². The van der Waals surface area contributed by atoms with Gasteiger partial charge in [-0.25, -0.2) is 0 Å². The molecule has 13 heteroatoms. The fraction of sp³-hybridized carbons (Fsp3) is 0.929. The molecular weight excluding hydrogens is 541 g/mol. The third kappa shape index (κ3) is 13.7. The number of piperazine rings is 1. The second-order valence-corrected chi connectivity index (χ2v) is 14.3. The zero-order valence-electron chi connectivity index (χ0n) is 25.5. The SMILES string of the molecule is CC(N)NC(=NCC1CCC(CNCCCNC2CCCCC2)CC1)N=C(N)N1CCN(CCP(=O)(O)O)[C@@H](C)C1. The second kappa shape index (κ2) is 17.8. The summed E-state index contributed by atoms with van der Waals surface area (Å²) >= 11 is 0. The summed E-state index contributed by atoms with van der Waals surface area (Å²) in [5.41, 5.74) is 12.4. The minimum absolute atomic E-state index is 0.105. The van der Waals surface area contributed by atoms with Crippen molar-refractivity contribution in [2.75, 3.05) is 58.5 Å². The summed E-state index contributed by atoms with van der Waals surface area (Å²) < 4.78 is 11.3. The smallest absolute Gasteiger partial charge is 0.326 e. The molecule has 0 aromatic rings. The largest absolute Gasteiger partial charge is 0.369 e. The molecule has 12 nitrogen and oxygen atoms in total. The number of nitrogens with zero attached hydrogens (tertiary/aromatic N) is 4. The first-order valence-electron chi connectivity index (χ1n) is 16.0. The van der Waals surface area contributed by atoms with Crippen LogP contribution in [-0.2, 0) is 4.57 Å². The molecule has 3 fully saturated rings. The van der Waals surface area contributed by atoms with Gasteiger partial charge < -0.3 is 42.1 Å². The Morgan fingerprint density at radius 1 is 1.05 bits per heavy atom. The second-order valence-electron chi connectivity index (χ2n) is 12.5. The molecule has 1 heterocycles. The molecule has 1 unspecified atom stereocenters. The predicted octanol–water partition coefficient (Wildman–Crippen LogP) is 1.44. The van der Waals surface area contributed by atoms with Gasteiger partial charge in [0, 0.05) is 44.8 Å². The summed E-state index contributed by atoms with van der Waals surface area (Å²) in [6, 6.07) is 0.857. The lowest BCUT2D eigenvalue weighted by Crippen LogP contribution is -2.56. The van der Waals surface area contributed by atoms with E-state index in [0.717, 1.165) is 31.6 Å². The number of rotatable bonds is 13. The van der Waals surface area contributed by atoms with Crippen LogP contribution >= 0.6 is 7.60 Å². The molecule has 0 amide bonds. The van der Waals surface area contributed by atoms with Crippen LogP contribution in [0.3, 0.4) is 0 Å². The molecule has 0 bridgehead atoms. The standard InChI is InChI=1S/C28H58N9O3P/c1-22-21-37(16-15-36(22)17-18-41(38,39)40)27(30)35-28(34-23(2)29)33-20-25-11-9-24(10-12-25)19-31-13-6-14-32-26-7-4-3-5-8-26/h22-26,31-32H,3-21,29H2,1-2H3,(H2,38,39,40)(H3,30,33,34,35)/t22-,23?,24?,25?/m0/s1. The van der Waals surface area contributed by atoms with Crippen molar-refractivity contribution in [1.82, 2.24) is 25.8 Å². The minimum atomic E-state index is -4.01. The van der Waals surface area contributed by atoms with Crippen molar-refractivity contribution >= 4 is 19.5 Å². The number of aliphatic imine (C=N–C) groups is 2. The molecule has 9 N–H and O–H groups in total. The topological polar surface area (TPSA) is 177 Å². The summed E-state index contributed by atoms with van der Waals surface area (Å²) in [5, 5.41) is 10.6. The van der Waals surface area contributed by atoms with Gasteiger partial charge in [-0.3, -0.25) is 14.5 Å². The first-order chi connectivity index (χ1) is 19.6. The molecule has 2 aliphatic carbocycles. The number of hydrogen-bond acceptors (Lipinski definition) is 6. The Balaban J connectivity index is 1.36. The fourth-order valence-corrected chi connectivity index (χ4v) is 6.77. The van der Waals surface area contributed by atoms with Crippen LogP contribution < -0.4 is 27.4 Å². The molecule has 3 aliphatic rings. The van der Waals surface area contributed by atoms with Crippen molar-refractivity contribution in [2.45, 2.75) is 96.3 Å². The maximum atomic E-state index is 11.3. The van der Waals surface area contributed by atoms with Crippen LogP contribution in [0.15, 0.2) is 9.98 Å². The van der Waals surface area contributed by atoms with Gasteiger partial charge in [0.2, 0.25) is 5.96 Å². The molecule has 2 atom stereocenters. The number of hydrogen-bond donors (Lipinski definition) is 7. The lowest BCUT2D eigenvalue weighted by molar-refractivity contribution is 0.128. The van der Waals surface area contributed by atoms with E-state index in [2.05, 4.69) is 25.8 Å². The predicted molar refractivity (Wildman–Crippen MR) is 168 cm³/mol. The van der Waals surface area contributed by atoms with Gasteiger partial charge in [-0.2, -0.15) is 4.99 Å². The van der Waals surface area contributed by atoms with E-state index in [9.17, 15) is 14.4 Å². The Bertz CT molecular complexity index is 855. The Morgan fingerprint density at radius 2 is 1.76 bits per heavy atom. The molecule has 0 aromatic heterocycles. The van der Waals surface area contributed by atoms with Crippen molar-refractivity contribution in [1.29, 1.82) is 0 Å². The first kappa shape index (κ1) is 34.2. The van der Waals surface area contributed by atoms with Crippen LogP contribution in [0.25, 0.3) is 0 Å². The Kier molecular flexibility index (Phi) is 14.8. The van der Waals surface area contributed by atoms with Gasteiger partial charge in [0.05, 0.1) is 12.3 Å². The highest BCUT2D eigenvalue weighted by molar-refractivity contribution is 7.51. The molecule has 0 radical (unpaired) electrons. The van der Waals surface area contributed by atoms with Crippen LogP contribution in [-0.4, -0.2) is 108 Å². The van der Waals surface area contributed by atoms with Gasteiger partial charge in [-0.05, 0) is 90.3 Å². The summed E-state index contributed by atoms with van der Waals surface area (Å²) in [6.07, 6.45) is 12.5. The van der Waals surface area contributed by atoms with E-state index in [-0.39, 0.29) is 18.4 Å². The molecule has 0 aromatic carbocycles. The first-order valence-corrected chi connectivity index (χ1v) is 17.8. The van der Waals surface area contributed by atoms with Crippen LogP contribution in [0.4, 0.5) is 0 Å². The summed E-state index contributed by atoms with van der Waals surface area (Å²) in [4.78, 5) is 31.9. The highest BCUT2D eigenvalue weighted by Crippen LogP contribution is 2.34. The highest BCUT2D eigenvalue weighted by Gasteiger charge is 2.27. The Labute approximate surface area is 247 Å². The van der Waals surface area contributed by atoms with E-state index < -0.39 is 7.60 Å². The van der Waals surface area contributed by atoms with Gasteiger partial charge in [-0.15, -0.1) is 0 Å². The molecule has 41 heavy (non-hydrogen) atoms. The van der Waals surface area contributed by atoms with Crippen molar-refractivity contribution < 1.29 is 14.4 Å². The molecule has 1 saturated heterocycles. The molecule has 3 rings (SSSR count). The zero-order chi connectivity index (χ0) is 29.7. The third-order valence-corrected chi connectivity index (χ3v) is 9.59. The van der Waals surface area contributed by atoms with Crippen LogP contribution in [0, 0.1) is 11.8 Å². The molecule has 238 valence electrons. The zero-order valence-corrected chi connectivity index (χ0v) is 26.4. The molecular formula is C28H58N9O3P. The van der Waals surface area contributed by atoms with Crippen LogP contribution in [0.1, 0.15) is 78.1 Å². The monoisotopic (exact) mass is 599 g/mol. The lowest BCUT2D eigenvalue weighted by Gasteiger charge is -2.40. The average Bonchev–Trinajstić information content (AvgIpc) is 2.93.